The molecule has 0 bridgehead atoms. The van der Waals surface area contributed by atoms with Crippen molar-refractivity contribution in [3.63, 3.8) is 0 Å². The summed E-state index contributed by atoms with van der Waals surface area (Å²) in [5.74, 6) is 0. The lowest BCUT2D eigenvalue weighted by Crippen LogP contribution is -1.81. The van der Waals surface area contributed by atoms with Crippen LogP contribution in [0.15, 0.2) is 54.1 Å². The van der Waals surface area contributed by atoms with Crippen molar-refractivity contribution in [2.24, 2.45) is 0 Å². The van der Waals surface area contributed by atoms with E-state index in [1.807, 2.05) is 6.07 Å². The molecule has 18 heavy (non-hydrogen) atoms. The molecule has 2 aliphatic rings. The van der Waals surface area contributed by atoms with Crippen LogP contribution in [0.3, 0.4) is 0 Å². The van der Waals surface area contributed by atoms with Gasteiger partial charge < -0.3 is 9.40 Å². The third-order valence-corrected chi connectivity index (χ3v) is 2.35. The molecule has 0 radical (unpaired) electrons. The lowest BCUT2D eigenvalue weighted by Gasteiger charge is -1.91. The molecule has 88 valence electrons. The minimum atomic E-state index is 0.734. The molecule has 4 rings (SSSR count). The fraction of sp³-hybridized carbons (Fsp3) is 0. The number of hydrogen-bond donors (Lipinski definition) is 1. The van der Waals surface area contributed by atoms with Gasteiger partial charge in [0.2, 0.25) is 0 Å². The van der Waals surface area contributed by atoms with E-state index in [-0.39, 0.29) is 0 Å². The zero-order chi connectivity index (χ0) is 12.2. The Balaban J connectivity index is 0.000000111. The van der Waals surface area contributed by atoms with Gasteiger partial charge in [-0.3, -0.25) is 4.98 Å². The highest BCUT2D eigenvalue weighted by Crippen LogP contribution is 2.12. The highest BCUT2D eigenvalue weighted by Gasteiger charge is 1.99. The summed E-state index contributed by atoms with van der Waals surface area (Å²) >= 11 is 0. The first-order valence-corrected chi connectivity index (χ1v) is 5.30. The predicted octanol–water partition coefficient (Wildman–Crippen LogP) is 2.13. The molecule has 0 fully saturated rings. The average Bonchev–Trinajstić information content (AvgIpc) is 3.08. The molecule has 0 atom stereocenters. The van der Waals surface area contributed by atoms with Gasteiger partial charge in [-0.05, 0) is 6.07 Å². The van der Waals surface area contributed by atoms with Crippen LogP contribution in [0.1, 0.15) is 0 Å². The van der Waals surface area contributed by atoms with E-state index in [1.165, 1.54) is 6.33 Å². The van der Waals surface area contributed by atoms with Gasteiger partial charge in [-0.15, -0.1) is 0 Å². The van der Waals surface area contributed by atoms with Gasteiger partial charge in [0.25, 0.3) is 0 Å². The average molecular weight is 239 g/mol. The number of H-pyrrole nitrogens is 1. The van der Waals surface area contributed by atoms with Gasteiger partial charge in [0.05, 0.1) is 30.7 Å². The van der Waals surface area contributed by atoms with E-state index in [1.54, 1.807) is 37.2 Å². The van der Waals surface area contributed by atoms with Crippen LogP contribution in [0, 0.1) is 0 Å². The molecule has 2 aromatic rings. The Morgan fingerprint density at radius 3 is 2.94 bits per heavy atom. The molecule has 0 saturated carbocycles. The smallest absolute Gasteiger partial charge is 0.170 e. The second-order valence-corrected chi connectivity index (χ2v) is 3.49. The Morgan fingerprint density at radius 2 is 2.06 bits per heavy atom. The van der Waals surface area contributed by atoms with Gasteiger partial charge in [-0.25, -0.2) is 15.0 Å². The molecule has 0 unspecified atom stereocenters. The normalized spacial score (nSPS) is 10.2. The van der Waals surface area contributed by atoms with E-state index in [4.69, 9.17) is 4.42 Å². The van der Waals surface area contributed by atoms with Gasteiger partial charge in [0, 0.05) is 12.3 Å². The molecular weight excluding hydrogens is 230 g/mol. The van der Waals surface area contributed by atoms with Crippen molar-refractivity contribution in [2.75, 3.05) is 0 Å². The quantitative estimate of drug-likeness (QED) is 0.508. The molecule has 2 aromatic heterocycles. The molecule has 0 amide bonds. The lowest BCUT2D eigenvalue weighted by atomic mass is 10.3. The van der Waals surface area contributed by atoms with Crippen LogP contribution in [0.4, 0.5) is 0 Å². The minimum Gasteiger partial charge on any atom is -0.461 e. The van der Waals surface area contributed by atoms with Crippen molar-refractivity contribution >= 4 is 11.1 Å². The lowest BCUT2D eigenvalue weighted by molar-refractivity contribution is 0.613. The highest BCUT2D eigenvalue weighted by atomic mass is 16.3. The molecule has 4 heterocycles. The van der Waals surface area contributed by atoms with Crippen molar-refractivity contribution in [1.29, 1.82) is 0 Å². The second-order valence-electron chi connectivity index (χ2n) is 3.49. The SMILES string of the molecule is c1cc2[nH]cncc-2n1.c1ncc2occc2n1. The summed E-state index contributed by atoms with van der Waals surface area (Å²) in [5.41, 5.74) is 3.53. The molecule has 0 aromatic carbocycles. The third-order valence-electron chi connectivity index (χ3n) is 2.35. The van der Waals surface area contributed by atoms with Crippen LogP contribution in [0.2, 0.25) is 0 Å². The van der Waals surface area contributed by atoms with Gasteiger partial charge in [-0.2, -0.15) is 0 Å². The number of nitrogens with zero attached hydrogens (tertiary/aromatic N) is 4. The minimum absolute atomic E-state index is 0.734. The van der Waals surface area contributed by atoms with Crippen LogP contribution in [0.25, 0.3) is 22.5 Å². The van der Waals surface area contributed by atoms with Crippen LogP contribution in [-0.2, 0) is 0 Å². The second kappa shape index (κ2) is 4.62. The van der Waals surface area contributed by atoms with Crippen LogP contribution in [0.5, 0.6) is 0 Å². The summed E-state index contributed by atoms with van der Waals surface area (Å²) in [6.07, 6.45) is 9.86. The van der Waals surface area contributed by atoms with E-state index in [9.17, 15) is 0 Å². The molecule has 1 N–H and O–H groups in total. The third kappa shape index (κ3) is 2.03. The summed E-state index contributed by atoms with van der Waals surface area (Å²) in [7, 11) is 0. The van der Waals surface area contributed by atoms with Crippen LogP contribution in [-0.4, -0.2) is 24.9 Å². The Labute approximate surface area is 102 Å². The first kappa shape index (κ1) is 10.4. The molecule has 0 spiro atoms. The van der Waals surface area contributed by atoms with Gasteiger partial charge in [0.1, 0.15) is 17.5 Å². The van der Waals surface area contributed by atoms with E-state index in [2.05, 4.69) is 24.9 Å². The Kier molecular flexibility index (Phi) is 2.67. The highest BCUT2D eigenvalue weighted by molar-refractivity contribution is 5.70. The maximum atomic E-state index is 4.99. The summed E-state index contributed by atoms with van der Waals surface area (Å²) in [6, 6.07) is 3.72. The van der Waals surface area contributed by atoms with Crippen LogP contribution < -0.4 is 0 Å². The van der Waals surface area contributed by atoms with Crippen molar-refractivity contribution in [1.82, 2.24) is 24.9 Å². The van der Waals surface area contributed by atoms with Gasteiger partial charge in [-0.1, -0.05) is 0 Å². The number of rotatable bonds is 0. The topological polar surface area (TPSA) is 80.5 Å². The van der Waals surface area contributed by atoms with E-state index >= 15 is 0 Å². The molecule has 0 aliphatic carbocycles. The molecular formula is C12H9N5O. The van der Waals surface area contributed by atoms with E-state index in [0.717, 1.165) is 22.5 Å². The van der Waals surface area contributed by atoms with Crippen molar-refractivity contribution in [3.05, 3.63) is 49.6 Å². The monoisotopic (exact) mass is 239 g/mol. The van der Waals surface area contributed by atoms with Crippen LogP contribution >= 0.6 is 0 Å². The molecule has 6 heteroatoms. The van der Waals surface area contributed by atoms with E-state index in [0.29, 0.717) is 0 Å². The molecule has 6 nitrogen and oxygen atoms in total. The number of furan rings is 1. The number of hydrogen-bond acceptors (Lipinski definition) is 5. The zero-order valence-corrected chi connectivity index (χ0v) is 9.32. The first-order chi connectivity index (χ1) is 8.93. The molecule has 2 aliphatic heterocycles. The number of aromatic amines is 1. The summed E-state index contributed by atoms with van der Waals surface area (Å²) in [4.78, 5) is 18.6. The maximum absolute atomic E-state index is 4.99. The first-order valence-electron chi connectivity index (χ1n) is 5.30. The summed E-state index contributed by atoms with van der Waals surface area (Å²) in [5, 5.41) is 0. The zero-order valence-electron chi connectivity index (χ0n) is 9.32. The van der Waals surface area contributed by atoms with Gasteiger partial charge >= 0.3 is 0 Å². The summed E-state index contributed by atoms with van der Waals surface area (Å²) in [6.45, 7) is 0. The van der Waals surface area contributed by atoms with Crippen molar-refractivity contribution < 1.29 is 4.42 Å². The molecule has 0 saturated heterocycles. The van der Waals surface area contributed by atoms with Crippen molar-refractivity contribution in [3.8, 4) is 11.4 Å². The van der Waals surface area contributed by atoms with Crippen molar-refractivity contribution in [2.45, 2.75) is 0 Å². The Morgan fingerprint density at radius 1 is 1.06 bits per heavy atom. The fourth-order valence-corrected chi connectivity index (χ4v) is 1.50. The maximum Gasteiger partial charge on any atom is 0.170 e. The number of nitrogens with one attached hydrogen (secondary N) is 1. The largest absolute Gasteiger partial charge is 0.461 e. The standard InChI is InChI=1S/C6H5N3.C6H4N2O/c1-2-8-6-3-7-4-9-5(1)6;1-2-9-6-3-7-4-8-5(1)6/h1-4H,(H,7,9);1-4H. The predicted molar refractivity (Wildman–Crippen MR) is 64.8 cm³/mol. The summed E-state index contributed by atoms with van der Waals surface area (Å²) < 4.78 is 4.99. The number of fused-ring (bicyclic) bond motifs is 2. The van der Waals surface area contributed by atoms with Gasteiger partial charge in [0.15, 0.2) is 5.58 Å². The number of aromatic nitrogens is 5. The Hall–Kier alpha value is -2.76. The Bertz CT molecular complexity index is 659. The fourth-order valence-electron chi connectivity index (χ4n) is 1.50. The van der Waals surface area contributed by atoms with E-state index < -0.39 is 0 Å².